The first-order valence-corrected chi connectivity index (χ1v) is 25.4. The van der Waals surface area contributed by atoms with E-state index < -0.39 is 73.6 Å². The third-order valence-electron chi connectivity index (χ3n) is 14.3. The molecule has 12 N–H and O–H groups in total. The fourth-order valence-electron chi connectivity index (χ4n) is 10.3. The highest BCUT2D eigenvalue weighted by atomic mass is 16.3. The minimum Gasteiger partial charge on any atom is -0.388 e. The van der Waals surface area contributed by atoms with Crippen LogP contribution < -0.4 is 31.9 Å². The largest absolute Gasteiger partial charge is 0.388 e. The maximum atomic E-state index is 14.2. The van der Waals surface area contributed by atoms with Gasteiger partial charge < -0.3 is 81.5 Å². The van der Waals surface area contributed by atoms with Crippen molar-refractivity contribution in [2.45, 2.75) is 126 Å². The number of tetrazole rings is 2. The molecule has 0 spiro atoms. The Morgan fingerprint density at radius 1 is 0.618 bits per heavy atom. The van der Waals surface area contributed by atoms with E-state index in [0.29, 0.717) is 124 Å². The summed E-state index contributed by atoms with van der Waals surface area (Å²) in [4.78, 5) is 73.2. The number of hydrogen-bond donors (Lipinski definition) is 12. The average molecular weight is 1060 g/mol. The highest BCUT2D eigenvalue weighted by Gasteiger charge is 2.45. The lowest BCUT2D eigenvalue weighted by molar-refractivity contribution is -0.126. The van der Waals surface area contributed by atoms with Crippen molar-refractivity contribution in [1.82, 2.24) is 99.9 Å². The maximum Gasteiger partial charge on any atom is 0.320 e. The van der Waals surface area contributed by atoms with Crippen molar-refractivity contribution in [3.63, 3.8) is 0 Å². The molecule has 10 atom stereocenters. The molecule has 0 unspecified atom stereocenters. The number of aromatic nitrogens is 16. The van der Waals surface area contributed by atoms with Gasteiger partial charge in [0.1, 0.15) is 37.6 Å². The van der Waals surface area contributed by atoms with Gasteiger partial charge in [-0.25, -0.2) is 14.8 Å². The van der Waals surface area contributed by atoms with E-state index in [2.05, 4.69) is 72.7 Å². The number of imidazole rings is 2. The number of hydrogen-bond acceptors (Lipinski definition) is 25. The van der Waals surface area contributed by atoms with E-state index >= 15 is 0 Å². The minimum absolute atomic E-state index is 0.129. The predicted molar refractivity (Wildman–Crippen MR) is 264 cm³/mol. The van der Waals surface area contributed by atoms with Crippen molar-refractivity contribution in [2.24, 2.45) is 0 Å². The van der Waals surface area contributed by atoms with Crippen molar-refractivity contribution in [3.05, 3.63) is 24.3 Å². The van der Waals surface area contributed by atoms with Gasteiger partial charge in [-0.05, 0) is 50.0 Å². The van der Waals surface area contributed by atoms with Crippen LogP contribution in [0.1, 0.15) is 63.3 Å². The van der Waals surface area contributed by atoms with Crippen LogP contribution in [0.15, 0.2) is 12.7 Å². The van der Waals surface area contributed by atoms with Gasteiger partial charge in [-0.1, -0.05) is 0 Å². The van der Waals surface area contributed by atoms with Gasteiger partial charge in [0.2, 0.25) is 23.7 Å². The van der Waals surface area contributed by atoms with E-state index in [4.69, 9.17) is 19.9 Å². The fraction of sp³-hybridized carbons (Fsp3) is 0.651. The standard InChI is InChI=1S/C43H62N24O9/c1-3-66-58-27(56-60-66)5-9-44-41-52-37(31-39(54-41)64(19-46-31)25-13-23(33(72)35(25)74)50-29(70)17-68)48-21-7-11-62(15-21)43(76)63-12-8-22(16-63)49-38-32-40(55-42(53-38)45-10-6-28-57-61-67(4-2)59-28)65(20-47-32)26-14-24(34(73)36(26)75)51-30(71)18-69/h19-26,33-36,68-69,72-75H,3-18H2,1-2H3,(H,50,70)(H,51,71)(H2,44,48,52,54)(H2,45,49,53,55)/t21-,22-,23+,24+,25-,26-,33-,34-,35+,36+/m1/s1. The molecule has 33 heteroatoms. The number of aryl methyl sites for hydroxylation is 2. The van der Waals surface area contributed by atoms with Gasteiger partial charge in [-0.15, -0.1) is 20.4 Å². The van der Waals surface area contributed by atoms with E-state index in [1.165, 1.54) is 22.2 Å². The maximum absolute atomic E-state index is 14.2. The van der Waals surface area contributed by atoms with E-state index in [9.17, 15) is 45.0 Å². The minimum atomic E-state index is -1.32. The highest BCUT2D eigenvalue weighted by molar-refractivity contribution is 5.86. The lowest BCUT2D eigenvalue weighted by atomic mass is 10.2. The van der Waals surface area contributed by atoms with Crippen molar-refractivity contribution >= 4 is 63.7 Å². The molecule has 6 aromatic heterocycles. The Balaban J connectivity index is 0.826. The number of urea groups is 1. The molecular formula is C43H62N24O9. The van der Waals surface area contributed by atoms with E-state index in [1.54, 1.807) is 18.9 Å². The molecular weight excluding hydrogens is 997 g/mol. The number of nitrogens with zero attached hydrogens (tertiary/aromatic N) is 18. The zero-order valence-corrected chi connectivity index (χ0v) is 41.7. The summed E-state index contributed by atoms with van der Waals surface area (Å²) in [5, 5.41) is 106. The van der Waals surface area contributed by atoms with Gasteiger partial charge in [0.05, 0.1) is 49.9 Å². The predicted octanol–water partition coefficient (Wildman–Crippen LogP) is -4.63. The number of rotatable bonds is 20. The zero-order chi connectivity index (χ0) is 53.2. The lowest BCUT2D eigenvalue weighted by Crippen LogP contribution is -2.44. The monoisotopic (exact) mass is 1060 g/mol. The number of likely N-dealkylation sites (tertiary alicyclic amines) is 2. The van der Waals surface area contributed by atoms with Gasteiger partial charge >= 0.3 is 6.03 Å². The van der Waals surface area contributed by atoms with Crippen molar-refractivity contribution in [2.75, 3.05) is 73.7 Å². The molecule has 4 aliphatic rings. The number of aliphatic hydroxyl groups excluding tert-OH is 6. The molecule has 6 aromatic rings. The first kappa shape index (κ1) is 51.9. The Kier molecular flexibility index (Phi) is 15.2. The normalized spacial score (nSPS) is 25.5. The third kappa shape index (κ3) is 10.8. The Hall–Kier alpha value is -7.59. The lowest BCUT2D eigenvalue weighted by Gasteiger charge is -2.25. The second kappa shape index (κ2) is 22.3. The molecule has 0 aromatic carbocycles. The number of aliphatic hydroxyl groups is 6. The van der Waals surface area contributed by atoms with Crippen LogP contribution in [0.5, 0.6) is 0 Å². The van der Waals surface area contributed by atoms with Gasteiger partial charge in [-0.2, -0.15) is 29.5 Å². The van der Waals surface area contributed by atoms with Crippen LogP contribution >= 0.6 is 0 Å². The second-order valence-electron chi connectivity index (χ2n) is 19.2. The summed E-state index contributed by atoms with van der Waals surface area (Å²) in [6.07, 6.45) is 0.0224. The summed E-state index contributed by atoms with van der Waals surface area (Å²) in [7, 11) is 0. The van der Waals surface area contributed by atoms with Crippen LogP contribution in [0.25, 0.3) is 22.3 Å². The average Bonchev–Trinajstić information content (AvgIpc) is 4.32. The first-order chi connectivity index (χ1) is 36.8. The van der Waals surface area contributed by atoms with Crippen LogP contribution in [-0.2, 0) is 35.5 Å². The van der Waals surface area contributed by atoms with Crippen molar-refractivity contribution in [3.8, 4) is 0 Å². The molecule has 2 aliphatic heterocycles. The number of amides is 4. The summed E-state index contributed by atoms with van der Waals surface area (Å²) in [6, 6.07) is -3.79. The van der Waals surface area contributed by atoms with E-state index in [-0.39, 0.29) is 42.9 Å². The number of anilines is 4. The number of nitrogens with one attached hydrogen (secondary N) is 6. The Bertz CT molecular complexity index is 2820. The smallest absolute Gasteiger partial charge is 0.320 e. The third-order valence-corrected chi connectivity index (χ3v) is 14.3. The molecule has 4 amide bonds. The number of carbonyl (C=O) groups excluding carboxylic acids is 3. The summed E-state index contributed by atoms with van der Waals surface area (Å²) in [5.74, 6) is 0.917. The molecule has 8 heterocycles. The summed E-state index contributed by atoms with van der Waals surface area (Å²) in [6.45, 7) is 5.71. The molecule has 33 nitrogen and oxygen atoms in total. The second-order valence-corrected chi connectivity index (χ2v) is 19.2. The number of fused-ring (bicyclic) bond motifs is 2. The van der Waals surface area contributed by atoms with Crippen LogP contribution in [0.4, 0.5) is 28.3 Å². The summed E-state index contributed by atoms with van der Waals surface area (Å²) >= 11 is 0. The van der Waals surface area contributed by atoms with Gasteiger partial charge in [0.25, 0.3) is 0 Å². The Morgan fingerprint density at radius 3 is 1.45 bits per heavy atom. The van der Waals surface area contributed by atoms with E-state index in [1.807, 2.05) is 13.8 Å². The molecule has 4 fully saturated rings. The zero-order valence-electron chi connectivity index (χ0n) is 41.7. The molecule has 408 valence electrons. The van der Waals surface area contributed by atoms with Gasteiger partial charge in [0.15, 0.2) is 45.6 Å². The number of carbonyl (C=O) groups is 3. The van der Waals surface area contributed by atoms with Gasteiger partial charge in [-0.3, -0.25) is 9.59 Å². The molecule has 2 saturated heterocycles. The molecule has 2 aliphatic carbocycles. The molecule has 0 bridgehead atoms. The molecule has 2 saturated carbocycles. The summed E-state index contributed by atoms with van der Waals surface area (Å²) in [5.41, 5.74) is 1.46. The van der Waals surface area contributed by atoms with Crippen LogP contribution in [0.3, 0.4) is 0 Å². The SMILES string of the molecule is CCn1nnc(CCNc2nc(N[C@@H]3CCN(C(=O)N4CC[C@@H](Nc5nc(NCCc6nnn(CC)n6)nc6c5ncn6[C@@H]5C[C@H](NC(=O)CO)[C@@H](O)[C@H]5O)C4)C3)c3ncn([C@@H]4C[C@H](NC(=O)CO)[C@@H](O)[C@H]4O)c3n2)n1. The first-order valence-electron chi connectivity index (χ1n) is 25.4. The Labute approximate surface area is 431 Å². The molecule has 10 rings (SSSR count). The topological polar surface area (TPSA) is 426 Å². The van der Waals surface area contributed by atoms with Gasteiger partial charge in [0, 0.05) is 64.2 Å². The van der Waals surface area contributed by atoms with Crippen LogP contribution in [0.2, 0.25) is 0 Å². The molecule has 0 radical (unpaired) electrons. The summed E-state index contributed by atoms with van der Waals surface area (Å²) < 4.78 is 3.28. The van der Waals surface area contributed by atoms with E-state index in [0.717, 1.165) is 0 Å². The van der Waals surface area contributed by atoms with Crippen molar-refractivity contribution < 1.29 is 45.0 Å². The quantitative estimate of drug-likeness (QED) is 0.0342. The Morgan fingerprint density at radius 2 is 1.05 bits per heavy atom. The molecule has 76 heavy (non-hydrogen) atoms. The van der Waals surface area contributed by atoms with Crippen molar-refractivity contribution in [1.29, 1.82) is 0 Å². The van der Waals surface area contributed by atoms with Crippen LogP contribution in [0, 0.1) is 0 Å². The van der Waals surface area contributed by atoms with Crippen LogP contribution in [-0.4, -0.2) is 239 Å². The fourth-order valence-corrected chi connectivity index (χ4v) is 10.3. The highest BCUT2D eigenvalue weighted by Crippen LogP contribution is 2.37.